The summed E-state index contributed by atoms with van der Waals surface area (Å²) >= 11 is 1.47. The van der Waals surface area contributed by atoms with Crippen LogP contribution >= 0.6 is 11.3 Å². The molecule has 1 aromatic heterocycles. The van der Waals surface area contributed by atoms with E-state index >= 15 is 0 Å². The molecular formula is C11H15N3O3S. The zero-order valence-electron chi connectivity index (χ0n) is 10.1. The number of aromatic nitrogens is 1. The van der Waals surface area contributed by atoms with Crippen LogP contribution in [0.25, 0.3) is 0 Å². The Hall–Kier alpha value is -1.63. The van der Waals surface area contributed by atoms with E-state index in [4.69, 9.17) is 5.11 Å². The molecule has 1 N–H and O–H groups in total. The minimum atomic E-state index is -0.928. The second-order valence-electron chi connectivity index (χ2n) is 4.31. The second-order valence-corrected chi connectivity index (χ2v) is 5.03. The van der Waals surface area contributed by atoms with Crippen molar-refractivity contribution in [2.24, 2.45) is 0 Å². The van der Waals surface area contributed by atoms with Crippen LogP contribution in [0, 0.1) is 0 Å². The molecule has 2 heterocycles. The molecule has 0 aromatic carbocycles. The molecule has 2 amide bonds. The summed E-state index contributed by atoms with van der Waals surface area (Å²) in [7, 11) is 1.67. The van der Waals surface area contributed by atoms with Crippen LogP contribution in [0.5, 0.6) is 0 Å². The van der Waals surface area contributed by atoms with Gasteiger partial charge in [-0.3, -0.25) is 0 Å². The van der Waals surface area contributed by atoms with E-state index in [1.165, 1.54) is 21.1 Å². The molecule has 0 aliphatic carbocycles. The summed E-state index contributed by atoms with van der Waals surface area (Å²) in [4.78, 5) is 30.2. The molecule has 0 radical (unpaired) electrons. The third-order valence-electron chi connectivity index (χ3n) is 2.99. The highest BCUT2D eigenvalue weighted by Crippen LogP contribution is 2.19. The first kappa shape index (κ1) is 12.8. The van der Waals surface area contributed by atoms with Gasteiger partial charge in [-0.15, -0.1) is 11.3 Å². The number of carbonyl (C=O) groups excluding carboxylic acids is 1. The average molecular weight is 269 g/mol. The van der Waals surface area contributed by atoms with Crippen LogP contribution in [0.2, 0.25) is 0 Å². The first-order valence-electron chi connectivity index (χ1n) is 5.71. The third-order valence-corrected chi connectivity index (χ3v) is 3.63. The number of aliphatic carboxylic acids is 1. The summed E-state index contributed by atoms with van der Waals surface area (Å²) in [5.74, 6) is -0.928. The Morgan fingerprint density at radius 1 is 1.67 bits per heavy atom. The molecule has 2 rings (SSSR count). The van der Waals surface area contributed by atoms with Gasteiger partial charge in [0.1, 0.15) is 6.04 Å². The number of hydrogen-bond donors (Lipinski definition) is 1. The molecule has 6 nitrogen and oxygen atoms in total. The van der Waals surface area contributed by atoms with Crippen molar-refractivity contribution in [1.29, 1.82) is 0 Å². The molecule has 0 spiro atoms. The van der Waals surface area contributed by atoms with Gasteiger partial charge in [0.15, 0.2) is 0 Å². The summed E-state index contributed by atoms with van der Waals surface area (Å²) in [6.45, 7) is 0.919. The van der Waals surface area contributed by atoms with Crippen molar-refractivity contribution in [2.45, 2.75) is 25.4 Å². The number of thiazole rings is 1. The molecule has 18 heavy (non-hydrogen) atoms. The highest BCUT2D eigenvalue weighted by atomic mass is 32.1. The number of amides is 2. The summed E-state index contributed by atoms with van der Waals surface area (Å²) in [6.07, 6.45) is 1.28. The lowest BCUT2D eigenvalue weighted by atomic mass is 10.2. The van der Waals surface area contributed by atoms with E-state index in [0.717, 1.165) is 12.1 Å². The summed E-state index contributed by atoms with van der Waals surface area (Å²) in [5, 5.41) is 10.9. The molecule has 1 atom stereocenters. The number of likely N-dealkylation sites (tertiary alicyclic amines) is 1. The molecule has 0 unspecified atom stereocenters. The largest absolute Gasteiger partial charge is 0.480 e. The van der Waals surface area contributed by atoms with Crippen LogP contribution in [0.4, 0.5) is 4.79 Å². The Morgan fingerprint density at radius 3 is 3.06 bits per heavy atom. The van der Waals surface area contributed by atoms with Crippen LogP contribution in [-0.4, -0.2) is 51.5 Å². The van der Waals surface area contributed by atoms with Gasteiger partial charge in [0.25, 0.3) is 0 Å². The monoisotopic (exact) mass is 269 g/mol. The van der Waals surface area contributed by atoms with Crippen molar-refractivity contribution in [3.05, 3.63) is 16.6 Å². The predicted molar refractivity (Wildman–Crippen MR) is 66.3 cm³/mol. The SMILES string of the molecule is CN(Cc1cscn1)C(=O)N1CCC[C@@H]1C(=O)O. The molecular weight excluding hydrogens is 254 g/mol. The molecule has 1 aliphatic heterocycles. The average Bonchev–Trinajstić information content (AvgIpc) is 2.97. The van der Waals surface area contributed by atoms with E-state index in [1.807, 2.05) is 5.38 Å². The van der Waals surface area contributed by atoms with Crippen molar-refractivity contribution in [3.8, 4) is 0 Å². The molecule has 7 heteroatoms. The lowest BCUT2D eigenvalue weighted by Gasteiger charge is -2.27. The molecule has 98 valence electrons. The van der Waals surface area contributed by atoms with Gasteiger partial charge in [-0.05, 0) is 12.8 Å². The topological polar surface area (TPSA) is 73.7 Å². The number of carboxylic acid groups (broad SMARTS) is 1. The van der Waals surface area contributed by atoms with E-state index in [1.54, 1.807) is 12.6 Å². The Bertz CT molecular complexity index is 435. The minimum absolute atomic E-state index is 0.243. The number of nitrogens with zero attached hydrogens (tertiary/aromatic N) is 3. The third kappa shape index (κ3) is 2.61. The van der Waals surface area contributed by atoms with Crippen LogP contribution < -0.4 is 0 Å². The molecule has 0 saturated carbocycles. The van der Waals surface area contributed by atoms with E-state index in [-0.39, 0.29) is 6.03 Å². The molecule has 0 bridgehead atoms. The summed E-state index contributed by atoms with van der Waals surface area (Å²) in [6, 6.07) is -0.928. The number of hydrogen-bond acceptors (Lipinski definition) is 4. The van der Waals surface area contributed by atoms with Gasteiger partial charge in [-0.2, -0.15) is 0 Å². The van der Waals surface area contributed by atoms with E-state index < -0.39 is 12.0 Å². The van der Waals surface area contributed by atoms with Gasteiger partial charge in [0.2, 0.25) is 0 Å². The van der Waals surface area contributed by atoms with E-state index in [9.17, 15) is 9.59 Å². The first-order chi connectivity index (χ1) is 8.59. The van der Waals surface area contributed by atoms with E-state index in [2.05, 4.69) is 4.98 Å². The number of urea groups is 1. The summed E-state index contributed by atoms with van der Waals surface area (Å²) < 4.78 is 0. The van der Waals surface area contributed by atoms with Gasteiger partial charge < -0.3 is 14.9 Å². The zero-order valence-corrected chi connectivity index (χ0v) is 10.9. The van der Waals surface area contributed by atoms with Gasteiger partial charge in [-0.1, -0.05) is 0 Å². The summed E-state index contributed by atoms with van der Waals surface area (Å²) in [5.41, 5.74) is 2.53. The maximum Gasteiger partial charge on any atom is 0.326 e. The lowest BCUT2D eigenvalue weighted by molar-refractivity contribution is -0.141. The van der Waals surface area contributed by atoms with Crippen molar-refractivity contribution in [2.75, 3.05) is 13.6 Å². The molecule has 1 aromatic rings. The quantitative estimate of drug-likeness (QED) is 0.896. The fourth-order valence-corrected chi connectivity index (χ4v) is 2.65. The van der Waals surface area contributed by atoms with Crippen molar-refractivity contribution in [1.82, 2.24) is 14.8 Å². The van der Waals surface area contributed by atoms with Crippen LogP contribution in [0.3, 0.4) is 0 Å². The Balaban J connectivity index is 1.99. The number of carboxylic acids is 1. The Labute approximate surface area is 109 Å². The maximum atomic E-state index is 12.2. The van der Waals surface area contributed by atoms with E-state index in [0.29, 0.717) is 19.5 Å². The van der Waals surface area contributed by atoms with Crippen molar-refractivity contribution in [3.63, 3.8) is 0 Å². The maximum absolute atomic E-state index is 12.2. The Kier molecular flexibility index (Phi) is 3.81. The van der Waals surface area contributed by atoms with Crippen molar-refractivity contribution >= 4 is 23.3 Å². The molecule has 1 fully saturated rings. The smallest absolute Gasteiger partial charge is 0.326 e. The Morgan fingerprint density at radius 2 is 2.44 bits per heavy atom. The lowest BCUT2D eigenvalue weighted by Crippen LogP contribution is -2.46. The molecule has 1 saturated heterocycles. The standard InChI is InChI=1S/C11H15N3O3S/c1-13(5-8-6-18-7-12-8)11(17)14-4-2-3-9(14)10(15)16/h6-7,9H,2-5H2,1H3,(H,15,16)/t9-/m1/s1. The van der Waals surface area contributed by atoms with Crippen LogP contribution in [-0.2, 0) is 11.3 Å². The predicted octanol–water partition coefficient (Wildman–Crippen LogP) is 1.24. The van der Waals surface area contributed by atoms with Crippen LogP contribution in [0.1, 0.15) is 18.5 Å². The number of carbonyl (C=O) groups is 2. The normalized spacial score (nSPS) is 18.9. The van der Waals surface area contributed by atoms with Gasteiger partial charge in [0.05, 0.1) is 17.7 Å². The highest BCUT2D eigenvalue weighted by Gasteiger charge is 2.35. The fraction of sp³-hybridized carbons (Fsp3) is 0.545. The highest BCUT2D eigenvalue weighted by molar-refractivity contribution is 7.07. The van der Waals surface area contributed by atoms with Gasteiger partial charge in [-0.25, -0.2) is 14.6 Å². The zero-order chi connectivity index (χ0) is 13.1. The molecule has 1 aliphatic rings. The first-order valence-corrected chi connectivity index (χ1v) is 6.65. The van der Waals surface area contributed by atoms with Gasteiger partial charge in [0, 0.05) is 19.0 Å². The van der Waals surface area contributed by atoms with Crippen LogP contribution in [0.15, 0.2) is 10.9 Å². The minimum Gasteiger partial charge on any atom is -0.480 e. The fourth-order valence-electron chi connectivity index (χ4n) is 2.10. The second kappa shape index (κ2) is 5.34. The number of rotatable bonds is 3. The van der Waals surface area contributed by atoms with Crippen molar-refractivity contribution < 1.29 is 14.7 Å². The van der Waals surface area contributed by atoms with Gasteiger partial charge >= 0.3 is 12.0 Å².